The van der Waals surface area contributed by atoms with Gasteiger partial charge in [0.15, 0.2) is 0 Å². The van der Waals surface area contributed by atoms with Crippen LogP contribution in [0.1, 0.15) is 26.3 Å². The maximum atomic E-state index is 12.2. The molecule has 0 heterocycles. The minimum absolute atomic E-state index is 0.00720. The van der Waals surface area contributed by atoms with Crippen molar-refractivity contribution in [3.63, 3.8) is 0 Å². The second-order valence-electron chi connectivity index (χ2n) is 4.90. The number of rotatable bonds is 6. The quantitative estimate of drug-likeness (QED) is 0.831. The topological polar surface area (TPSA) is 92.7 Å². The molecule has 7 heteroatoms. The van der Waals surface area contributed by atoms with Crippen LogP contribution in [0.3, 0.4) is 0 Å². The Hall–Kier alpha value is -1.60. The van der Waals surface area contributed by atoms with Gasteiger partial charge < -0.3 is 9.84 Å². The number of carbonyl (C=O) groups is 1. The molecule has 0 atom stereocenters. The van der Waals surface area contributed by atoms with E-state index in [0.717, 1.165) is 0 Å². The van der Waals surface area contributed by atoms with E-state index in [1.54, 1.807) is 13.0 Å². The second kappa shape index (κ2) is 5.80. The van der Waals surface area contributed by atoms with Crippen molar-refractivity contribution < 1.29 is 23.1 Å². The van der Waals surface area contributed by atoms with Crippen molar-refractivity contribution in [1.29, 1.82) is 0 Å². The molecule has 0 aliphatic heterocycles. The van der Waals surface area contributed by atoms with Crippen LogP contribution in [0.5, 0.6) is 5.75 Å². The number of hydrogen-bond donors (Lipinski definition) is 2. The lowest BCUT2D eigenvalue weighted by Gasteiger charge is -2.21. The Morgan fingerprint density at radius 2 is 2.00 bits per heavy atom. The summed E-state index contributed by atoms with van der Waals surface area (Å²) in [6.45, 7) is 6.62. The molecule has 0 radical (unpaired) electrons. The molecule has 0 bridgehead atoms. The van der Waals surface area contributed by atoms with Crippen molar-refractivity contribution in [2.45, 2.75) is 38.1 Å². The monoisotopic (exact) mass is 301 g/mol. The molecule has 1 aromatic rings. The molecule has 0 saturated heterocycles. The summed E-state index contributed by atoms with van der Waals surface area (Å²) in [5.41, 5.74) is -0.909. The fraction of sp³-hybridized carbons (Fsp3) is 0.462. The summed E-state index contributed by atoms with van der Waals surface area (Å²) >= 11 is 0. The van der Waals surface area contributed by atoms with Gasteiger partial charge in [0.2, 0.25) is 10.0 Å². The van der Waals surface area contributed by atoms with Crippen molar-refractivity contribution in [3.05, 3.63) is 23.8 Å². The molecule has 0 aromatic heterocycles. The third kappa shape index (κ3) is 3.71. The SMILES string of the molecule is CCOc1ccc(S(=O)(=O)NC(C)(C)C(=O)O)cc1C. The van der Waals surface area contributed by atoms with E-state index < -0.39 is 21.5 Å². The van der Waals surface area contributed by atoms with Crippen LogP contribution in [0.15, 0.2) is 23.1 Å². The normalized spacial score (nSPS) is 12.2. The van der Waals surface area contributed by atoms with Crippen LogP contribution < -0.4 is 9.46 Å². The molecule has 0 spiro atoms. The zero-order chi connectivity index (χ0) is 15.6. The fourth-order valence-electron chi connectivity index (χ4n) is 1.54. The second-order valence-corrected chi connectivity index (χ2v) is 6.58. The highest BCUT2D eigenvalue weighted by Crippen LogP contribution is 2.22. The van der Waals surface area contributed by atoms with Crippen molar-refractivity contribution >= 4 is 16.0 Å². The van der Waals surface area contributed by atoms with Gasteiger partial charge in [0.1, 0.15) is 11.3 Å². The van der Waals surface area contributed by atoms with Crippen LogP contribution in [0, 0.1) is 6.92 Å². The van der Waals surface area contributed by atoms with Crippen LogP contribution in [-0.4, -0.2) is 31.6 Å². The Bertz CT molecular complexity index is 607. The largest absolute Gasteiger partial charge is 0.494 e. The zero-order valence-corrected chi connectivity index (χ0v) is 12.7. The highest BCUT2D eigenvalue weighted by atomic mass is 32.2. The highest BCUT2D eigenvalue weighted by Gasteiger charge is 2.33. The summed E-state index contributed by atoms with van der Waals surface area (Å²) in [5, 5.41) is 8.97. The molecule has 112 valence electrons. The average molecular weight is 301 g/mol. The van der Waals surface area contributed by atoms with E-state index in [-0.39, 0.29) is 4.90 Å². The zero-order valence-electron chi connectivity index (χ0n) is 11.9. The Balaban J connectivity index is 3.11. The van der Waals surface area contributed by atoms with E-state index >= 15 is 0 Å². The summed E-state index contributed by atoms with van der Waals surface area (Å²) in [4.78, 5) is 11.0. The predicted molar refractivity (Wildman–Crippen MR) is 74.4 cm³/mol. The molecule has 20 heavy (non-hydrogen) atoms. The maximum Gasteiger partial charge on any atom is 0.324 e. The van der Waals surface area contributed by atoms with Crippen LogP contribution in [0.25, 0.3) is 0 Å². The van der Waals surface area contributed by atoms with Gasteiger partial charge in [-0.15, -0.1) is 0 Å². The molecule has 0 aliphatic rings. The molecule has 0 unspecified atom stereocenters. The van der Waals surface area contributed by atoms with Gasteiger partial charge in [-0.2, -0.15) is 4.72 Å². The van der Waals surface area contributed by atoms with Crippen LogP contribution in [-0.2, 0) is 14.8 Å². The lowest BCUT2D eigenvalue weighted by molar-refractivity contribution is -0.142. The molecule has 0 amide bonds. The average Bonchev–Trinajstić information content (AvgIpc) is 2.30. The fourth-order valence-corrected chi connectivity index (χ4v) is 3.00. The van der Waals surface area contributed by atoms with Crippen molar-refractivity contribution in [3.8, 4) is 5.75 Å². The van der Waals surface area contributed by atoms with Gasteiger partial charge in [0.05, 0.1) is 11.5 Å². The van der Waals surface area contributed by atoms with Gasteiger partial charge in [-0.05, 0) is 51.5 Å². The highest BCUT2D eigenvalue weighted by molar-refractivity contribution is 7.89. The molecule has 0 fully saturated rings. The summed E-state index contributed by atoms with van der Waals surface area (Å²) in [7, 11) is -3.90. The standard InChI is InChI=1S/C13H19NO5S/c1-5-19-11-7-6-10(8-9(11)2)20(17,18)14-13(3,4)12(15)16/h6-8,14H,5H2,1-4H3,(H,15,16). The van der Waals surface area contributed by atoms with Crippen molar-refractivity contribution in [2.75, 3.05) is 6.61 Å². The van der Waals surface area contributed by atoms with Gasteiger partial charge in [-0.25, -0.2) is 8.42 Å². The number of benzene rings is 1. The molecule has 0 aliphatic carbocycles. The van der Waals surface area contributed by atoms with E-state index in [0.29, 0.717) is 17.9 Å². The third-order valence-corrected chi connectivity index (χ3v) is 4.33. The van der Waals surface area contributed by atoms with Gasteiger partial charge in [-0.3, -0.25) is 4.79 Å². The Morgan fingerprint density at radius 3 is 2.45 bits per heavy atom. The summed E-state index contributed by atoms with van der Waals surface area (Å²) < 4.78 is 31.8. The lowest BCUT2D eigenvalue weighted by Crippen LogP contribution is -2.49. The Kier molecular flexibility index (Phi) is 4.77. The van der Waals surface area contributed by atoms with Crippen LogP contribution in [0.2, 0.25) is 0 Å². The predicted octanol–water partition coefficient (Wildman–Crippen LogP) is 1.54. The van der Waals surface area contributed by atoms with E-state index in [4.69, 9.17) is 9.84 Å². The number of aryl methyl sites for hydroxylation is 1. The van der Waals surface area contributed by atoms with Gasteiger partial charge in [0.25, 0.3) is 0 Å². The first-order chi connectivity index (χ1) is 9.10. The first-order valence-electron chi connectivity index (χ1n) is 6.11. The molecule has 2 N–H and O–H groups in total. The van der Waals surface area contributed by atoms with Crippen molar-refractivity contribution in [1.82, 2.24) is 4.72 Å². The molecular formula is C13H19NO5S. The summed E-state index contributed by atoms with van der Waals surface area (Å²) in [5.74, 6) is -0.646. The molecule has 1 aromatic carbocycles. The number of carboxylic acid groups (broad SMARTS) is 1. The minimum Gasteiger partial charge on any atom is -0.494 e. The molecule has 1 rings (SSSR count). The Labute approximate surface area is 118 Å². The first-order valence-corrected chi connectivity index (χ1v) is 7.59. The maximum absolute atomic E-state index is 12.2. The van der Waals surface area contributed by atoms with Gasteiger partial charge in [-0.1, -0.05) is 0 Å². The van der Waals surface area contributed by atoms with Crippen molar-refractivity contribution in [2.24, 2.45) is 0 Å². The summed E-state index contributed by atoms with van der Waals surface area (Å²) in [6, 6.07) is 4.39. The van der Waals surface area contributed by atoms with Gasteiger partial charge >= 0.3 is 5.97 Å². The lowest BCUT2D eigenvalue weighted by atomic mass is 10.1. The number of ether oxygens (including phenoxy) is 1. The van der Waals surface area contributed by atoms with E-state index in [2.05, 4.69) is 4.72 Å². The van der Waals surface area contributed by atoms with Gasteiger partial charge in [0, 0.05) is 0 Å². The molecule has 0 saturated carbocycles. The number of nitrogens with one attached hydrogen (secondary N) is 1. The summed E-state index contributed by atoms with van der Waals surface area (Å²) in [6.07, 6.45) is 0. The van der Waals surface area contributed by atoms with Crippen LogP contribution in [0.4, 0.5) is 0 Å². The molecular weight excluding hydrogens is 282 g/mol. The number of sulfonamides is 1. The van der Waals surface area contributed by atoms with E-state index in [9.17, 15) is 13.2 Å². The smallest absolute Gasteiger partial charge is 0.324 e. The van der Waals surface area contributed by atoms with E-state index in [1.807, 2.05) is 6.92 Å². The third-order valence-electron chi connectivity index (χ3n) is 2.68. The first kappa shape index (κ1) is 16.5. The van der Waals surface area contributed by atoms with Crippen LogP contribution >= 0.6 is 0 Å². The molecule has 6 nitrogen and oxygen atoms in total. The Morgan fingerprint density at radius 1 is 1.40 bits per heavy atom. The number of carboxylic acids is 1. The van der Waals surface area contributed by atoms with E-state index in [1.165, 1.54) is 26.0 Å². The number of aliphatic carboxylic acids is 1. The number of hydrogen-bond acceptors (Lipinski definition) is 4. The minimum atomic E-state index is -3.90.